The predicted octanol–water partition coefficient (Wildman–Crippen LogP) is 2.23. The van der Waals surface area contributed by atoms with Gasteiger partial charge >= 0.3 is 5.97 Å². The summed E-state index contributed by atoms with van der Waals surface area (Å²) < 4.78 is 0. The van der Waals surface area contributed by atoms with Crippen LogP contribution in [0.1, 0.15) is 30.1 Å². The Balaban J connectivity index is 3.05. The summed E-state index contributed by atoms with van der Waals surface area (Å²) in [7, 11) is 0. The summed E-state index contributed by atoms with van der Waals surface area (Å²) in [6.07, 6.45) is 0.782. The third kappa shape index (κ3) is 3.92. The zero-order valence-corrected chi connectivity index (χ0v) is 11.4. The van der Waals surface area contributed by atoms with Crippen molar-refractivity contribution in [3.8, 4) is 0 Å². The Morgan fingerprint density at radius 2 is 2.15 bits per heavy atom. The quantitative estimate of drug-likeness (QED) is 0.618. The van der Waals surface area contributed by atoms with Crippen LogP contribution in [0.4, 0.5) is 5.69 Å². The van der Waals surface area contributed by atoms with Crippen LogP contribution in [0.5, 0.6) is 0 Å². The summed E-state index contributed by atoms with van der Waals surface area (Å²) >= 11 is 5.71. The fourth-order valence-electron chi connectivity index (χ4n) is 1.63. The van der Waals surface area contributed by atoms with Gasteiger partial charge in [0.1, 0.15) is 11.6 Å². The molecule has 0 unspecified atom stereocenters. The standard InChI is InChI=1S/C12H13ClN2O5/c1-2-3-9(12(17)18)14-11(16)8-6-7(13)4-5-10(8)15(19)20/h4-6,9H,2-3H2,1H3,(H,14,16)(H,17,18)/t9-/m1/s1. The second kappa shape index (κ2) is 6.85. The molecule has 1 aromatic rings. The Hall–Kier alpha value is -2.15. The summed E-state index contributed by atoms with van der Waals surface area (Å²) in [6, 6.07) is 2.44. The Morgan fingerprint density at radius 1 is 1.50 bits per heavy atom. The molecule has 1 atom stereocenters. The van der Waals surface area contributed by atoms with Crippen LogP contribution in [0.25, 0.3) is 0 Å². The van der Waals surface area contributed by atoms with Crippen molar-refractivity contribution in [2.75, 3.05) is 0 Å². The number of hydrogen-bond acceptors (Lipinski definition) is 4. The van der Waals surface area contributed by atoms with Gasteiger partial charge in [-0.3, -0.25) is 14.9 Å². The van der Waals surface area contributed by atoms with Crippen LogP contribution in [-0.2, 0) is 4.79 Å². The molecule has 108 valence electrons. The van der Waals surface area contributed by atoms with E-state index in [0.717, 1.165) is 12.1 Å². The molecular weight excluding hydrogens is 288 g/mol. The van der Waals surface area contributed by atoms with E-state index in [-0.39, 0.29) is 17.0 Å². The number of carboxylic acid groups (broad SMARTS) is 1. The predicted molar refractivity (Wildman–Crippen MR) is 71.9 cm³/mol. The van der Waals surface area contributed by atoms with Crippen molar-refractivity contribution >= 4 is 29.2 Å². The third-order valence-electron chi connectivity index (χ3n) is 2.58. The van der Waals surface area contributed by atoms with E-state index in [9.17, 15) is 19.7 Å². The molecule has 0 heterocycles. The lowest BCUT2D eigenvalue weighted by molar-refractivity contribution is -0.385. The number of nitro groups is 1. The van der Waals surface area contributed by atoms with Crippen molar-refractivity contribution < 1.29 is 19.6 Å². The molecule has 0 aliphatic carbocycles. The topological polar surface area (TPSA) is 110 Å². The van der Waals surface area contributed by atoms with Crippen molar-refractivity contribution in [1.82, 2.24) is 5.32 Å². The number of aliphatic carboxylic acids is 1. The lowest BCUT2D eigenvalue weighted by Crippen LogP contribution is -2.40. The molecule has 0 fully saturated rings. The first-order chi connectivity index (χ1) is 9.36. The van der Waals surface area contributed by atoms with Gasteiger partial charge in [0.15, 0.2) is 0 Å². The van der Waals surface area contributed by atoms with Crippen molar-refractivity contribution in [2.45, 2.75) is 25.8 Å². The van der Waals surface area contributed by atoms with E-state index in [1.807, 2.05) is 0 Å². The fourth-order valence-corrected chi connectivity index (χ4v) is 1.80. The number of nitrogens with zero attached hydrogens (tertiary/aromatic N) is 1. The zero-order chi connectivity index (χ0) is 15.3. The van der Waals surface area contributed by atoms with Gasteiger partial charge in [-0.2, -0.15) is 0 Å². The molecular formula is C12H13ClN2O5. The second-order valence-electron chi connectivity index (χ2n) is 4.07. The highest BCUT2D eigenvalue weighted by atomic mass is 35.5. The molecule has 0 bridgehead atoms. The molecule has 1 rings (SSSR count). The molecule has 0 saturated carbocycles. The smallest absolute Gasteiger partial charge is 0.326 e. The van der Waals surface area contributed by atoms with E-state index < -0.39 is 28.5 Å². The Kier molecular flexibility index (Phi) is 5.45. The highest BCUT2D eigenvalue weighted by molar-refractivity contribution is 6.31. The maximum Gasteiger partial charge on any atom is 0.326 e. The number of nitro benzene ring substituents is 1. The lowest BCUT2D eigenvalue weighted by atomic mass is 10.1. The summed E-state index contributed by atoms with van der Waals surface area (Å²) in [5.41, 5.74) is -0.683. The molecule has 20 heavy (non-hydrogen) atoms. The number of carbonyl (C=O) groups is 2. The van der Waals surface area contributed by atoms with E-state index in [4.69, 9.17) is 16.7 Å². The van der Waals surface area contributed by atoms with Crippen molar-refractivity contribution in [2.24, 2.45) is 0 Å². The van der Waals surface area contributed by atoms with Gasteiger partial charge in [0.2, 0.25) is 0 Å². The summed E-state index contributed by atoms with van der Waals surface area (Å²) in [4.78, 5) is 33.1. The molecule has 0 spiro atoms. The molecule has 0 aliphatic rings. The van der Waals surface area contributed by atoms with E-state index in [0.29, 0.717) is 6.42 Å². The Bertz CT molecular complexity index is 547. The molecule has 7 nitrogen and oxygen atoms in total. The molecule has 0 radical (unpaired) electrons. The van der Waals surface area contributed by atoms with Crippen LogP contribution < -0.4 is 5.32 Å². The average Bonchev–Trinajstić information content (AvgIpc) is 2.37. The van der Waals surface area contributed by atoms with Crippen molar-refractivity contribution in [1.29, 1.82) is 0 Å². The fraction of sp³-hybridized carbons (Fsp3) is 0.333. The number of halogens is 1. The molecule has 0 aliphatic heterocycles. The highest BCUT2D eigenvalue weighted by Gasteiger charge is 2.25. The van der Waals surface area contributed by atoms with E-state index >= 15 is 0 Å². The Morgan fingerprint density at radius 3 is 2.65 bits per heavy atom. The first-order valence-electron chi connectivity index (χ1n) is 5.84. The maximum absolute atomic E-state index is 12.0. The van der Waals surface area contributed by atoms with Crippen molar-refractivity contribution in [3.63, 3.8) is 0 Å². The minimum Gasteiger partial charge on any atom is -0.480 e. The maximum atomic E-state index is 12.0. The first-order valence-corrected chi connectivity index (χ1v) is 6.22. The van der Waals surface area contributed by atoms with Gasteiger partial charge in [-0.1, -0.05) is 24.9 Å². The van der Waals surface area contributed by atoms with Crippen LogP contribution in [0, 0.1) is 10.1 Å². The minimum absolute atomic E-state index is 0.156. The van der Waals surface area contributed by atoms with Crippen LogP contribution >= 0.6 is 11.6 Å². The van der Waals surface area contributed by atoms with E-state index in [1.54, 1.807) is 6.92 Å². The molecule has 0 saturated heterocycles. The molecule has 0 aromatic heterocycles. The highest BCUT2D eigenvalue weighted by Crippen LogP contribution is 2.22. The number of benzene rings is 1. The number of nitrogens with one attached hydrogen (secondary N) is 1. The van der Waals surface area contributed by atoms with Gasteiger partial charge < -0.3 is 10.4 Å². The third-order valence-corrected chi connectivity index (χ3v) is 2.82. The van der Waals surface area contributed by atoms with Crippen LogP contribution in [-0.4, -0.2) is 27.9 Å². The number of hydrogen-bond donors (Lipinski definition) is 2. The SMILES string of the molecule is CCC[C@@H](NC(=O)c1cc(Cl)ccc1[N+](=O)[O-])C(=O)O. The summed E-state index contributed by atoms with van der Waals surface area (Å²) in [6.45, 7) is 1.77. The minimum atomic E-state index is -1.19. The molecule has 2 N–H and O–H groups in total. The van der Waals surface area contributed by atoms with E-state index in [2.05, 4.69) is 5.32 Å². The van der Waals surface area contributed by atoms with Gasteiger partial charge in [0.25, 0.3) is 11.6 Å². The van der Waals surface area contributed by atoms with Gasteiger partial charge in [0.05, 0.1) is 4.92 Å². The first kappa shape index (κ1) is 15.9. The van der Waals surface area contributed by atoms with Crippen LogP contribution in [0.3, 0.4) is 0 Å². The van der Waals surface area contributed by atoms with Crippen molar-refractivity contribution in [3.05, 3.63) is 38.9 Å². The number of carboxylic acids is 1. The van der Waals surface area contributed by atoms with E-state index in [1.165, 1.54) is 6.07 Å². The molecule has 1 aromatic carbocycles. The normalized spacial score (nSPS) is 11.7. The monoisotopic (exact) mass is 300 g/mol. The van der Waals surface area contributed by atoms with Gasteiger partial charge in [0, 0.05) is 11.1 Å². The van der Waals surface area contributed by atoms with Gasteiger partial charge in [-0.15, -0.1) is 0 Å². The Labute approximate surface area is 119 Å². The largest absolute Gasteiger partial charge is 0.480 e. The number of amides is 1. The zero-order valence-electron chi connectivity index (χ0n) is 10.6. The van der Waals surface area contributed by atoms with Gasteiger partial charge in [-0.25, -0.2) is 4.79 Å². The molecule has 1 amide bonds. The molecule has 8 heteroatoms. The number of rotatable bonds is 6. The average molecular weight is 301 g/mol. The lowest BCUT2D eigenvalue weighted by Gasteiger charge is -2.13. The van der Waals surface area contributed by atoms with Crippen LogP contribution in [0.2, 0.25) is 5.02 Å². The van der Waals surface area contributed by atoms with Gasteiger partial charge in [-0.05, 0) is 18.6 Å². The number of carbonyl (C=O) groups excluding carboxylic acids is 1. The second-order valence-corrected chi connectivity index (χ2v) is 4.51. The van der Waals surface area contributed by atoms with Crippen LogP contribution in [0.15, 0.2) is 18.2 Å². The summed E-state index contributed by atoms with van der Waals surface area (Å²) in [5, 5.41) is 22.2. The summed E-state index contributed by atoms with van der Waals surface area (Å²) in [5.74, 6) is -2.02.